The number of piperidine rings is 1. The topological polar surface area (TPSA) is 75.8 Å². The van der Waals surface area contributed by atoms with Crippen LogP contribution >= 0.6 is 11.3 Å². The molecule has 3 N–H and O–H groups in total. The van der Waals surface area contributed by atoms with Crippen molar-refractivity contribution < 1.29 is 4.74 Å². The van der Waals surface area contributed by atoms with Crippen molar-refractivity contribution in [3.63, 3.8) is 0 Å². The van der Waals surface area contributed by atoms with Crippen molar-refractivity contribution in [1.82, 2.24) is 15.2 Å². The van der Waals surface area contributed by atoms with Crippen LogP contribution in [0.2, 0.25) is 0 Å². The van der Waals surface area contributed by atoms with Gasteiger partial charge in [0.25, 0.3) is 0 Å². The lowest BCUT2D eigenvalue weighted by Crippen LogP contribution is -2.38. The number of hydrogen-bond donors (Lipinski definition) is 2. The fourth-order valence-corrected chi connectivity index (χ4v) is 3.95. The Morgan fingerprint density at radius 2 is 2.29 bits per heavy atom. The molecule has 24 heavy (non-hydrogen) atoms. The van der Waals surface area contributed by atoms with Gasteiger partial charge in [-0.15, -0.1) is 11.3 Å². The van der Waals surface area contributed by atoms with Crippen LogP contribution in [-0.4, -0.2) is 54.7 Å². The number of thiazole rings is 1. The van der Waals surface area contributed by atoms with E-state index in [1.165, 1.54) is 18.5 Å². The van der Waals surface area contributed by atoms with Crippen LogP contribution < -0.4 is 11.1 Å². The van der Waals surface area contributed by atoms with Crippen LogP contribution in [0.25, 0.3) is 0 Å². The van der Waals surface area contributed by atoms with Gasteiger partial charge < -0.3 is 15.8 Å². The standard InChI is InChI=1S/C17H29N5OS/c1-13-21-15(12-24-13)11-22-6-4-14(5-7-22)9-19-17(18)20-10-16-3-2-8-23-16/h12,14,16H,2-11H2,1H3,(H3,18,19,20). The Labute approximate surface area is 148 Å². The smallest absolute Gasteiger partial charge is 0.188 e. The fourth-order valence-electron chi connectivity index (χ4n) is 3.34. The lowest BCUT2D eigenvalue weighted by molar-refractivity contribution is 0.114. The molecular weight excluding hydrogens is 322 g/mol. The summed E-state index contributed by atoms with van der Waals surface area (Å²) in [5.41, 5.74) is 7.17. The van der Waals surface area contributed by atoms with E-state index in [2.05, 4.69) is 32.5 Å². The van der Waals surface area contributed by atoms with E-state index in [-0.39, 0.29) is 0 Å². The molecule has 1 aromatic heterocycles. The summed E-state index contributed by atoms with van der Waals surface area (Å²) >= 11 is 1.73. The minimum absolute atomic E-state index is 0.302. The highest BCUT2D eigenvalue weighted by Gasteiger charge is 2.20. The maximum Gasteiger partial charge on any atom is 0.188 e. The van der Waals surface area contributed by atoms with Crippen molar-refractivity contribution in [1.29, 1.82) is 0 Å². The molecule has 0 bridgehead atoms. The molecule has 2 aliphatic heterocycles. The summed E-state index contributed by atoms with van der Waals surface area (Å²) in [7, 11) is 0. The van der Waals surface area contributed by atoms with Crippen molar-refractivity contribution >= 4 is 17.3 Å². The van der Waals surface area contributed by atoms with Gasteiger partial charge in [-0.3, -0.25) is 9.89 Å². The molecular formula is C17H29N5OS. The first-order valence-corrected chi connectivity index (χ1v) is 9.86. The highest BCUT2D eigenvalue weighted by atomic mass is 32.1. The number of nitrogens with zero attached hydrogens (tertiary/aromatic N) is 3. The van der Waals surface area contributed by atoms with E-state index < -0.39 is 0 Å². The highest BCUT2D eigenvalue weighted by molar-refractivity contribution is 7.09. The number of ether oxygens (including phenoxy) is 1. The quantitative estimate of drug-likeness (QED) is 0.603. The zero-order valence-electron chi connectivity index (χ0n) is 14.5. The Hall–Kier alpha value is -1.18. The molecule has 6 nitrogen and oxygen atoms in total. The third-order valence-electron chi connectivity index (χ3n) is 4.81. The van der Waals surface area contributed by atoms with Gasteiger partial charge in [0.15, 0.2) is 5.96 Å². The van der Waals surface area contributed by atoms with E-state index in [0.717, 1.165) is 57.2 Å². The summed E-state index contributed by atoms with van der Waals surface area (Å²) in [6.45, 7) is 7.78. The first kappa shape index (κ1) is 17.6. The SMILES string of the molecule is Cc1nc(CN2CCC(CN=C(N)NCC3CCCO3)CC2)cs1. The van der Waals surface area contributed by atoms with Crippen molar-refractivity contribution in [2.75, 3.05) is 32.8 Å². The maximum atomic E-state index is 5.97. The molecule has 0 aliphatic carbocycles. The van der Waals surface area contributed by atoms with Gasteiger partial charge in [0, 0.05) is 31.6 Å². The number of rotatable bonds is 6. The Morgan fingerprint density at radius 1 is 1.46 bits per heavy atom. The van der Waals surface area contributed by atoms with E-state index in [9.17, 15) is 0 Å². The number of hydrogen-bond acceptors (Lipinski definition) is 5. The van der Waals surface area contributed by atoms with Gasteiger partial charge in [-0.1, -0.05) is 0 Å². The number of aliphatic imine (C=N–C) groups is 1. The first-order valence-electron chi connectivity index (χ1n) is 8.98. The molecule has 0 aromatic carbocycles. The number of nitrogens with two attached hydrogens (primary N) is 1. The molecule has 0 amide bonds. The number of aryl methyl sites for hydroxylation is 1. The number of likely N-dealkylation sites (tertiary alicyclic amines) is 1. The zero-order chi connectivity index (χ0) is 16.8. The third kappa shape index (κ3) is 5.43. The van der Waals surface area contributed by atoms with E-state index in [1.807, 2.05) is 0 Å². The van der Waals surface area contributed by atoms with Crippen LogP contribution in [0.3, 0.4) is 0 Å². The van der Waals surface area contributed by atoms with Gasteiger partial charge in [-0.05, 0) is 51.6 Å². The van der Waals surface area contributed by atoms with Gasteiger partial charge in [-0.25, -0.2) is 4.98 Å². The summed E-state index contributed by atoms with van der Waals surface area (Å²) < 4.78 is 5.58. The monoisotopic (exact) mass is 351 g/mol. The second-order valence-corrected chi connectivity index (χ2v) is 7.88. The molecule has 3 heterocycles. The van der Waals surface area contributed by atoms with E-state index in [0.29, 0.717) is 18.0 Å². The molecule has 2 aliphatic rings. The average molecular weight is 352 g/mol. The second-order valence-electron chi connectivity index (χ2n) is 6.82. The Morgan fingerprint density at radius 3 is 2.96 bits per heavy atom. The van der Waals surface area contributed by atoms with Crippen LogP contribution in [-0.2, 0) is 11.3 Å². The molecule has 1 atom stereocenters. The fraction of sp³-hybridized carbons (Fsp3) is 0.765. The summed E-state index contributed by atoms with van der Waals surface area (Å²) in [4.78, 5) is 11.6. The minimum atomic E-state index is 0.302. The number of nitrogens with one attached hydrogen (secondary N) is 1. The molecule has 0 spiro atoms. The zero-order valence-corrected chi connectivity index (χ0v) is 15.4. The normalized spacial score (nSPS) is 23.7. The molecule has 134 valence electrons. The molecule has 7 heteroatoms. The Bertz CT molecular complexity index is 533. The van der Waals surface area contributed by atoms with Crippen LogP contribution in [0.5, 0.6) is 0 Å². The van der Waals surface area contributed by atoms with Crippen molar-refractivity contribution in [2.24, 2.45) is 16.6 Å². The number of aromatic nitrogens is 1. The van der Waals surface area contributed by atoms with Crippen LogP contribution in [0.1, 0.15) is 36.4 Å². The van der Waals surface area contributed by atoms with Gasteiger partial charge in [0.2, 0.25) is 0 Å². The lowest BCUT2D eigenvalue weighted by Gasteiger charge is -2.30. The summed E-state index contributed by atoms with van der Waals surface area (Å²) in [6.07, 6.45) is 4.95. The molecule has 2 fully saturated rings. The predicted molar refractivity (Wildman–Crippen MR) is 98.3 cm³/mol. The highest BCUT2D eigenvalue weighted by Crippen LogP contribution is 2.20. The largest absolute Gasteiger partial charge is 0.376 e. The van der Waals surface area contributed by atoms with Crippen molar-refractivity contribution in [3.8, 4) is 0 Å². The lowest BCUT2D eigenvalue weighted by atomic mass is 9.97. The van der Waals surface area contributed by atoms with Gasteiger partial charge >= 0.3 is 0 Å². The van der Waals surface area contributed by atoms with E-state index >= 15 is 0 Å². The van der Waals surface area contributed by atoms with Gasteiger partial charge in [-0.2, -0.15) is 0 Å². The Kier molecular flexibility index (Phi) is 6.45. The third-order valence-corrected chi connectivity index (χ3v) is 5.64. The molecule has 1 aromatic rings. The van der Waals surface area contributed by atoms with Gasteiger partial charge in [0.1, 0.15) is 0 Å². The minimum Gasteiger partial charge on any atom is -0.376 e. The van der Waals surface area contributed by atoms with Crippen LogP contribution in [0, 0.1) is 12.8 Å². The van der Waals surface area contributed by atoms with Crippen LogP contribution in [0.4, 0.5) is 0 Å². The van der Waals surface area contributed by atoms with E-state index in [4.69, 9.17) is 10.5 Å². The molecule has 0 radical (unpaired) electrons. The van der Waals surface area contributed by atoms with E-state index in [1.54, 1.807) is 11.3 Å². The molecule has 3 rings (SSSR count). The van der Waals surface area contributed by atoms with Crippen LogP contribution in [0.15, 0.2) is 10.4 Å². The number of guanidine groups is 1. The maximum absolute atomic E-state index is 5.97. The summed E-state index contributed by atoms with van der Waals surface area (Å²) in [5.74, 6) is 1.20. The molecule has 1 unspecified atom stereocenters. The van der Waals surface area contributed by atoms with Crippen molar-refractivity contribution in [3.05, 3.63) is 16.1 Å². The molecule has 0 saturated carbocycles. The second kappa shape index (κ2) is 8.78. The summed E-state index contributed by atoms with van der Waals surface area (Å²) in [5, 5.41) is 6.52. The average Bonchev–Trinajstić information content (AvgIpc) is 3.24. The first-order chi connectivity index (χ1) is 11.7. The summed E-state index contributed by atoms with van der Waals surface area (Å²) in [6, 6.07) is 0. The Balaban J connectivity index is 1.33. The van der Waals surface area contributed by atoms with Crippen molar-refractivity contribution in [2.45, 2.75) is 45.3 Å². The predicted octanol–water partition coefficient (Wildman–Crippen LogP) is 1.75. The van der Waals surface area contributed by atoms with Gasteiger partial charge in [0.05, 0.1) is 16.8 Å². The molecule has 2 saturated heterocycles.